The molecule has 2 aliphatic rings. The Labute approximate surface area is 180 Å². The molecule has 4 nitrogen and oxygen atoms in total. The molecule has 0 atom stereocenters. The van der Waals surface area contributed by atoms with E-state index in [9.17, 15) is 9.59 Å². The van der Waals surface area contributed by atoms with Gasteiger partial charge in [-0.15, -0.1) is 11.3 Å². The second kappa shape index (κ2) is 7.73. The summed E-state index contributed by atoms with van der Waals surface area (Å²) in [6, 6.07) is 18.4. The third-order valence-corrected chi connectivity index (χ3v) is 7.04. The Bertz CT molecular complexity index is 1110. The van der Waals surface area contributed by atoms with E-state index >= 15 is 0 Å². The quantitative estimate of drug-likeness (QED) is 0.657. The average molecular weight is 417 g/mol. The standard InChI is InChI=1S/C25H24N2O2S/c1-27(15-16-6-8-18(9-7-16)24(28)26-20-12-13-20)25(29)22-14-19-11-10-17-4-2-3-5-21(17)23(19)30-22/h2-9,14,20H,10-13,15H2,1H3,(H,26,28). The minimum atomic E-state index is -0.0158. The van der Waals surface area contributed by atoms with Crippen LogP contribution in [0.4, 0.5) is 0 Å². The highest BCUT2D eigenvalue weighted by Gasteiger charge is 2.24. The first-order chi connectivity index (χ1) is 14.6. The Morgan fingerprint density at radius 3 is 2.53 bits per heavy atom. The van der Waals surface area contributed by atoms with E-state index in [2.05, 4.69) is 35.6 Å². The summed E-state index contributed by atoms with van der Waals surface area (Å²) in [4.78, 5) is 29.0. The van der Waals surface area contributed by atoms with Gasteiger partial charge in [0, 0.05) is 30.1 Å². The van der Waals surface area contributed by atoms with Gasteiger partial charge in [0.2, 0.25) is 0 Å². The molecule has 1 aromatic heterocycles. The van der Waals surface area contributed by atoms with Crippen molar-refractivity contribution in [2.75, 3.05) is 7.05 Å². The van der Waals surface area contributed by atoms with Gasteiger partial charge >= 0.3 is 0 Å². The van der Waals surface area contributed by atoms with Crippen molar-refractivity contribution in [2.24, 2.45) is 0 Å². The average Bonchev–Trinajstić information content (AvgIpc) is 3.47. The molecule has 1 saturated carbocycles. The lowest BCUT2D eigenvalue weighted by Crippen LogP contribution is -2.26. The van der Waals surface area contributed by atoms with Crippen molar-refractivity contribution in [3.63, 3.8) is 0 Å². The number of fused-ring (bicyclic) bond motifs is 3. The number of thiophene rings is 1. The van der Waals surface area contributed by atoms with Crippen molar-refractivity contribution in [1.29, 1.82) is 0 Å². The van der Waals surface area contributed by atoms with Crippen molar-refractivity contribution in [1.82, 2.24) is 10.2 Å². The summed E-state index contributed by atoms with van der Waals surface area (Å²) in [6.45, 7) is 0.516. The van der Waals surface area contributed by atoms with Gasteiger partial charge in [-0.1, -0.05) is 36.4 Å². The third kappa shape index (κ3) is 3.77. The second-order valence-corrected chi connectivity index (χ2v) is 9.28. The number of carbonyl (C=O) groups is 2. The number of carbonyl (C=O) groups excluding carboxylic acids is 2. The monoisotopic (exact) mass is 416 g/mol. The summed E-state index contributed by atoms with van der Waals surface area (Å²) in [6.07, 6.45) is 4.18. The van der Waals surface area contributed by atoms with Crippen molar-refractivity contribution in [3.8, 4) is 10.4 Å². The van der Waals surface area contributed by atoms with Crippen LogP contribution in [-0.2, 0) is 19.4 Å². The Morgan fingerprint density at radius 1 is 1.03 bits per heavy atom. The maximum Gasteiger partial charge on any atom is 0.263 e. The third-order valence-electron chi connectivity index (χ3n) is 5.84. The number of hydrogen-bond acceptors (Lipinski definition) is 3. The number of hydrogen-bond donors (Lipinski definition) is 1. The van der Waals surface area contributed by atoms with Crippen LogP contribution in [0.1, 0.15) is 49.6 Å². The van der Waals surface area contributed by atoms with E-state index in [4.69, 9.17) is 0 Å². The Morgan fingerprint density at radius 2 is 1.77 bits per heavy atom. The van der Waals surface area contributed by atoms with Crippen LogP contribution in [-0.4, -0.2) is 29.8 Å². The van der Waals surface area contributed by atoms with Crippen LogP contribution in [0.15, 0.2) is 54.6 Å². The van der Waals surface area contributed by atoms with Gasteiger partial charge < -0.3 is 10.2 Å². The molecular weight excluding hydrogens is 392 g/mol. The Hall–Kier alpha value is -2.92. The zero-order valence-corrected chi connectivity index (χ0v) is 17.8. The number of aryl methyl sites for hydroxylation is 2. The van der Waals surface area contributed by atoms with E-state index in [1.807, 2.05) is 31.3 Å². The van der Waals surface area contributed by atoms with Gasteiger partial charge in [0.25, 0.3) is 11.8 Å². The van der Waals surface area contributed by atoms with Crippen molar-refractivity contribution >= 4 is 23.2 Å². The number of amides is 2. The fraction of sp³-hybridized carbons (Fsp3) is 0.280. The minimum Gasteiger partial charge on any atom is -0.349 e. The van der Waals surface area contributed by atoms with Crippen LogP contribution in [0.2, 0.25) is 0 Å². The molecule has 2 amide bonds. The zero-order chi connectivity index (χ0) is 20.7. The minimum absolute atomic E-state index is 0.0158. The summed E-state index contributed by atoms with van der Waals surface area (Å²) in [5, 5.41) is 3.00. The fourth-order valence-electron chi connectivity index (χ4n) is 3.97. The van der Waals surface area contributed by atoms with Crippen molar-refractivity contribution < 1.29 is 9.59 Å². The van der Waals surface area contributed by atoms with E-state index in [1.54, 1.807) is 16.2 Å². The molecule has 152 valence electrons. The van der Waals surface area contributed by atoms with Crippen LogP contribution in [0.25, 0.3) is 10.4 Å². The molecule has 0 radical (unpaired) electrons. The molecule has 1 N–H and O–H groups in total. The predicted octanol–water partition coefficient (Wildman–Crippen LogP) is 4.68. The summed E-state index contributed by atoms with van der Waals surface area (Å²) in [5.41, 5.74) is 5.60. The molecule has 0 aliphatic heterocycles. The molecule has 3 aromatic rings. The molecule has 2 aromatic carbocycles. The Balaban J connectivity index is 1.28. The van der Waals surface area contributed by atoms with E-state index in [0.717, 1.165) is 36.1 Å². The molecule has 1 heterocycles. The zero-order valence-electron chi connectivity index (χ0n) is 17.0. The molecule has 0 spiro atoms. The van der Waals surface area contributed by atoms with Gasteiger partial charge in [-0.3, -0.25) is 9.59 Å². The maximum absolute atomic E-state index is 13.1. The first kappa shape index (κ1) is 19.1. The normalized spacial score (nSPS) is 14.6. The largest absolute Gasteiger partial charge is 0.349 e. The molecule has 30 heavy (non-hydrogen) atoms. The van der Waals surface area contributed by atoms with E-state index in [-0.39, 0.29) is 11.8 Å². The second-order valence-electron chi connectivity index (χ2n) is 8.23. The van der Waals surface area contributed by atoms with Gasteiger partial charge in [-0.05, 0) is 66.1 Å². The fourth-order valence-corrected chi connectivity index (χ4v) is 5.23. The van der Waals surface area contributed by atoms with E-state index in [1.165, 1.54) is 21.6 Å². The van der Waals surface area contributed by atoms with Crippen LogP contribution in [0.5, 0.6) is 0 Å². The number of nitrogens with one attached hydrogen (secondary N) is 1. The highest BCUT2D eigenvalue weighted by atomic mass is 32.1. The summed E-state index contributed by atoms with van der Waals surface area (Å²) < 4.78 is 0. The first-order valence-corrected chi connectivity index (χ1v) is 11.3. The van der Waals surface area contributed by atoms with Gasteiger partial charge in [-0.25, -0.2) is 0 Å². The summed E-state index contributed by atoms with van der Waals surface area (Å²) in [5.74, 6) is 0.0281. The molecular formula is C25H24N2O2S. The first-order valence-electron chi connectivity index (χ1n) is 10.4. The number of nitrogens with zero attached hydrogens (tertiary/aromatic N) is 1. The summed E-state index contributed by atoms with van der Waals surface area (Å²) >= 11 is 1.60. The van der Waals surface area contributed by atoms with Crippen LogP contribution in [0, 0.1) is 0 Å². The van der Waals surface area contributed by atoms with Gasteiger partial charge in [-0.2, -0.15) is 0 Å². The molecule has 0 bridgehead atoms. The lowest BCUT2D eigenvalue weighted by molar-refractivity contribution is 0.0789. The predicted molar refractivity (Wildman–Crippen MR) is 120 cm³/mol. The smallest absolute Gasteiger partial charge is 0.263 e. The molecule has 2 aliphatic carbocycles. The highest BCUT2D eigenvalue weighted by Crippen LogP contribution is 2.39. The van der Waals surface area contributed by atoms with Gasteiger partial charge in [0.15, 0.2) is 0 Å². The molecule has 5 heteroatoms. The van der Waals surface area contributed by atoms with Crippen molar-refractivity contribution in [2.45, 2.75) is 38.3 Å². The Kier molecular flexibility index (Phi) is 4.91. The van der Waals surface area contributed by atoms with Crippen molar-refractivity contribution in [3.05, 3.63) is 81.7 Å². The van der Waals surface area contributed by atoms with Crippen LogP contribution < -0.4 is 5.32 Å². The molecule has 0 saturated heterocycles. The van der Waals surface area contributed by atoms with Crippen LogP contribution in [0.3, 0.4) is 0 Å². The number of rotatable bonds is 5. The molecule has 1 fully saturated rings. The lowest BCUT2D eigenvalue weighted by atomic mass is 9.91. The maximum atomic E-state index is 13.1. The summed E-state index contributed by atoms with van der Waals surface area (Å²) in [7, 11) is 1.84. The topological polar surface area (TPSA) is 49.4 Å². The lowest BCUT2D eigenvalue weighted by Gasteiger charge is -2.16. The van der Waals surface area contributed by atoms with E-state index in [0.29, 0.717) is 18.2 Å². The van der Waals surface area contributed by atoms with Gasteiger partial charge in [0.1, 0.15) is 0 Å². The molecule has 5 rings (SSSR count). The van der Waals surface area contributed by atoms with Crippen LogP contribution >= 0.6 is 11.3 Å². The molecule has 0 unspecified atom stereocenters. The van der Waals surface area contributed by atoms with E-state index < -0.39 is 0 Å². The van der Waals surface area contributed by atoms with Gasteiger partial charge in [0.05, 0.1) is 4.88 Å². The highest BCUT2D eigenvalue weighted by molar-refractivity contribution is 7.17. The SMILES string of the molecule is CN(Cc1ccc(C(=O)NC2CC2)cc1)C(=O)c1cc2c(s1)-c1ccccc1CC2. The number of benzene rings is 2.